The van der Waals surface area contributed by atoms with Crippen LogP contribution in [-0.4, -0.2) is 34.0 Å². The first-order valence-electron chi connectivity index (χ1n) is 6.47. The summed E-state index contributed by atoms with van der Waals surface area (Å²) in [6.07, 6.45) is 4.92. The summed E-state index contributed by atoms with van der Waals surface area (Å²) in [6, 6.07) is 0. The number of hydrogen-bond acceptors (Lipinski definition) is 4. The van der Waals surface area contributed by atoms with E-state index in [1.807, 2.05) is 13.1 Å². The molecule has 2 fully saturated rings. The van der Waals surface area contributed by atoms with Crippen LogP contribution in [0.4, 0.5) is 0 Å². The molecule has 0 unspecified atom stereocenters. The minimum absolute atomic E-state index is 0.351. The summed E-state index contributed by atoms with van der Waals surface area (Å²) in [5.74, 6) is -0.239. The monoisotopic (exact) mass is 266 g/mol. The summed E-state index contributed by atoms with van der Waals surface area (Å²) >= 11 is 1.71. The van der Waals surface area contributed by atoms with E-state index < -0.39 is 11.4 Å². The first kappa shape index (κ1) is 12.1. The number of hydrogen-bond donors (Lipinski definition) is 1. The third-order valence-electron chi connectivity index (χ3n) is 4.42. The van der Waals surface area contributed by atoms with Gasteiger partial charge >= 0.3 is 5.97 Å². The van der Waals surface area contributed by atoms with E-state index in [-0.39, 0.29) is 0 Å². The Hall–Kier alpha value is -0.940. The average molecular weight is 266 g/mol. The number of likely N-dealkylation sites (tertiary alicyclic amines) is 1. The van der Waals surface area contributed by atoms with Gasteiger partial charge in [0.25, 0.3) is 0 Å². The van der Waals surface area contributed by atoms with Crippen molar-refractivity contribution in [3.63, 3.8) is 0 Å². The van der Waals surface area contributed by atoms with Gasteiger partial charge in [0.2, 0.25) is 0 Å². The molecule has 98 valence electrons. The smallest absolute Gasteiger partial charge is 0.311 e. The second kappa shape index (κ2) is 4.31. The predicted molar refractivity (Wildman–Crippen MR) is 69.5 cm³/mol. The van der Waals surface area contributed by atoms with Crippen LogP contribution in [0, 0.1) is 18.3 Å². The zero-order chi connectivity index (χ0) is 12.8. The van der Waals surface area contributed by atoms with Gasteiger partial charge in [0.05, 0.1) is 10.4 Å². The van der Waals surface area contributed by atoms with Gasteiger partial charge < -0.3 is 5.11 Å². The Kier molecular flexibility index (Phi) is 2.90. The van der Waals surface area contributed by atoms with Gasteiger partial charge in [-0.1, -0.05) is 6.42 Å². The molecule has 1 aliphatic heterocycles. The Bertz CT molecular complexity index is 473. The molecule has 2 atom stereocenters. The summed E-state index contributed by atoms with van der Waals surface area (Å²) in [6.45, 7) is 4.51. The van der Waals surface area contributed by atoms with Gasteiger partial charge in [-0.25, -0.2) is 4.98 Å². The number of thiazole rings is 1. The summed E-state index contributed by atoms with van der Waals surface area (Å²) in [5.41, 5.74) is -0.459. The van der Waals surface area contributed by atoms with E-state index in [1.165, 1.54) is 4.88 Å². The molecule has 0 aromatic carbocycles. The quantitative estimate of drug-likeness (QED) is 0.910. The lowest BCUT2D eigenvalue weighted by Gasteiger charge is -2.23. The minimum Gasteiger partial charge on any atom is -0.481 e. The molecule has 1 aromatic rings. The van der Waals surface area contributed by atoms with E-state index in [4.69, 9.17) is 0 Å². The maximum atomic E-state index is 11.6. The topological polar surface area (TPSA) is 53.4 Å². The first-order chi connectivity index (χ1) is 8.60. The molecule has 4 nitrogen and oxygen atoms in total. The highest BCUT2D eigenvalue weighted by Crippen LogP contribution is 2.49. The zero-order valence-electron chi connectivity index (χ0n) is 10.6. The van der Waals surface area contributed by atoms with Crippen LogP contribution in [0.15, 0.2) is 6.20 Å². The summed E-state index contributed by atoms with van der Waals surface area (Å²) in [4.78, 5) is 19.4. The number of carbonyl (C=O) groups is 1. The average Bonchev–Trinajstić information content (AvgIpc) is 2.93. The van der Waals surface area contributed by atoms with Crippen LogP contribution in [0.5, 0.6) is 0 Å². The van der Waals surface area contributed by atoms with Gasteiger partial charge in [-0.2, -0.15) is 0 Å². The van der Waals surface area contributed by atoms with E-state index in [1.54, 1.807) is 11.3 Å². The molecule has 2 aliphatic rings. The second-order valence-electron chi connectivity index (χ2n) is 5.57. The van der Waals surface area contributed by atoms with Crippen molar-refractivity contribution in [2.45, 2.75) is 32.7 Å². The van der Waals surface area contributed by atoms with Crippen molar-refractivity contribution < 1.29 is 9.90 Å². The molecule has 1 saturated heterocycles. The second-order valence-corrected chi connectivity index (χ2v) is 6.88. The Morgan fingerprint density at radius 3 is 3.17 bits per heavy atom. The normalized spacial score (nSPS) is 31.7. The molecule has 1 saturated carbocycles. The summed E-state index contributed by atoms with van der Waals surface area (Å²) < 4.78 is 0. The van der Waals surface area contributed by atoms with Gasteiger partial charge in [-0.05, 0) is 25.7 Å². The van der Waals surface area contributed by atoms with Crippen molar-refractivity contribution in [2.24, 2.45) is 11.3 Å². The van der Waals surface area contributed by atoms with Crippen molar-refractivity contribution in [1.82, 2.24) is 9.88 Å². The number of aromatic nitrogens is 1. The van der Waals surface area contributed by atoms with E-state index in [0.29, 0.717) is 12.5 Å². The molecule has 0 spiro atoms. The maximum absolute atomic E-state index is 11.6. The van der Waals surface area contributed by atoms with Crippen LogP contribution in [0.25, 0.3) is 0 Å². The Labute approximate surface area is 111 Å². The summed E-state index contributed by atoms with van der Waals surface area (Å²) in [7, 11) is 0. The lowest BCUT2D eigenvalue weighted by Crippen LogP contribution is -2.35. The third kappa shape index (κ3) is 1.86. The number of aliphatic carboxylic acids is 1. The molecule has 0 bridgehead atoms. The van der Waals surface area contributed by atoms with E-state index in [2.05, 4.69) is 9.88 Å². The van der Waals surface area contributed by atoms with Crippen LogP contribution >= 0.6 is 11.3 Å². The molecule has 5 heteroatoms. The van der Waals surface area contributed by atoms with Crippen LogP contribution in [0.1, 0.15) is 29.1 Å². The Balaban J connectivity index is 1.73. The lowest BCUT2D eigenvalue weighted by molar-refractivity contribution is -0.149. The van der Waals surface area contributed by atoms with Gasteiger partial charge in [-0.15, -0.1) is 11.3 Å². The molecule has 1 aromatic heterocycles. The van der Waals surface area contributed by atoms with Gasteiger partial charge in [0.1, 0.15) is 0 Å². The fourth-order valence-corrected chi connectivity index (χ4v) is 4.40. The minimum atomic E-state index is -0.590. The molecule has 0 amide bonds. The van der Waals surface area contributed by atoms with Crippen molar-refractivity contribution in [3.8, 4) is 0 Å². The fourth-order valence-electron chi connectivity index (χ4n) is 3.56. The van der Waals surface area contributed by atoms with Crippen molar-refractivity contribution in [2.75, 3.05) is 13.1 Å². The largest absolute Gasteiger partial charge is 0.481 e. The molecule has 18 heavy (non-hydrogen) atoms. The van der Waals surface area contributed by atoms with Crippen molar-refractivity contribution >= 4 is 17.3 Å². The highest BCUT2D eigenvalue weighted by atomic mass is 32.1. The van der Waals surface area contributed by atoms with Crippen LogP contribution in [0.3, 0.4) is 0 Å². The maximum Gasteiger partial charge on any atom is 0.311 e. The van der Waals surface area contributed by atoms with Crippen molar-refractivity contribution in [1.29, 1.82) is 0 Å². The summed E-state index contributed by atoms with van der Waals surface area (Å²) in [5, 5.41) is 10.6. The standard InChI is InChI=1S/C13H18N2O2S/c1-9-14-5-11(18-9)7-15-6-10-3-2-4-13(10,8-15)12(16)17/h5,10H,2-4,6-8H2,1H3,(H,16,17)/t10-,13+/m0/s1. The van der Waals surface area contributed by atoms with Crippen LogP contribution < -0.4 is 0 Å². The fraction of sp³-hybridized carbons (Fsp3) is 0.692. The predicted octanol–water partition coefficient (Wildman–Crippen LogP) is 2.14. The molecule has 1 N–H and O–H groups in total. The first-order valence-corrected chi connectivity index (χ1v) is 7.29. The zero-order valence-corrected chi connectivity index (χ0v) is 11.4. The molecule has 2 heterocycles. The number of fused-ring (bicyclic) bond motifs is 1. The molecule has 1 aliphatic carbocycles. The highest BCUT2D eigenvalue weighted by Gasteiger charge is 2.54. The number of rotatable bonds is 3. The van der Waals surface area contributed by atoms with Crippen molar-refractivity contribution in [3.05, 3.63) is 16.1 Å². The number of aryl methyl sites for hydroxylation is 1. The molecule has 3 rings (SSSR count). The molecule has 0 radical (unpaired) electrons. The Morgan fingerprint density at radius 1 is 1.72 bits per heavy atom. The third-order valence-corrected chi connectivity index (χ3v) is 5.31. The molecular weight excluding hydrogens is 248 g/mol. The van der Waals surface area contributed by atoms with E-state index in [9.17, 15) is 9.90 Å². The SMILES string of the molecule is Cc1ncc(CN2C[C@@H]3CCC[C@@]3(C(=O)O)C2)s1. The number of carboxylic acid groups (broad SMARTS) is 1. The highest BCUT2D eigenvalue weighted by molar-refractivity contribution is 7.11. The Morgan fingerprint density at radius 2 is 2.56 bits per heavy atom. The van der Waals surface area contributed by atoms with Gasteiger partial charge in [0.15, 0.2) is 0 Å². The van der Waals surface area contributed by atoms with Crippen LogP contribution in [0.2, 0.25) is 0 Å². The number of nitrogens with zero attached hydrogens (tertiary/aromatic N) is 2. The van der Waals surface area contributed by atoms with Gasteiger partial charge in [0, 0.05) is 30.7 Å². The van der Waals surface area contributed by atoms with Crippen LogP contribution in [-0.2, 0) is 11.3 Å². The number of carboxylic acids is 1. The van der Waals surface area contributed by atoms with E-state index >= 15 is 0 Å². The van der Waals surface area contributed by atoms with Gasteiger partial charge in [-0.3, -0.25) is 9.69 Å². The molecular formula is C13H18N2O2S. The van der Waals surface area contributed by atoms with E-state index in [0.717, 1.165) is 37.4 Å². The lowest BCUT2D eigenvalue weighted by atomic mass is 9.81.